The number of nitrogens with one attached hydrogen (secondary N) is 1. The Hall–Kier alpha value is -2.59. The van der Waals surface area contributed by atoms with Gasteiger partial charge in [-0.05, 0) is 25.0 Å². The van der Waals surface area contributed by atoms with Crippen molar-refractivity contribution in [2.75, 3.05) is 36.5 Å². The van der Waals surface area contributed by atoms with Gasteiger partial charge in [0.1, 0.15) is 10.7 Å². The fourth-order valence-electron chi connectivity index (χ4n) is 2.83. The SMILES string of the molecule is O=C(Nc1nnc(C2CC2)s1)c1ccc(N2CCOCC2)c([N+](=O)[O-])c1. The van der Waals surface area contributed by atoms with Crippen molar-refractivity contribution in [1.82, 2.24) is 10.2 Å². The molecule has 0 unspecified atom stereocenters. The molecule has 2 aromatic rings. The van der Waals surface area contributed by atoms with Crippen molar-refractivity contribution in [3.8, 4) is 0 Å². The summed E-state index contributed by atoms with van der Waals surface area (Å²) in [6.45, 7) is 2.22. The lowest BCUT2D eigenvalue weighted by molar-refractivity contribution is -0.384. The summed E-state index contributed by atoms with van der Waals surface area (Å²) in [5.41, 5.74) is 0.633. The van der Waals surface area contributed by atoms with Crippen LogP contribution in [0.5, 0.6) is 0 Å². The van der Waals surface area contributed by atoms with E-state index in [1.807, 2.05) is 4.90 Å². The average Bonchev–Trinajstić information content (AvgIpc) is 3.41. The number of carbonyl (C=O) groups is 1. The maximum Gasteiger partial charge on any atom is 0.293 e. The number of carbonyl (C=O) groups excluding carboxylic acids is 1. The summed E-state index contributed by atoms with van der Waals surface area (Å²) in [7, 11) is 0. The molecule has 9 nitrogen and oxygen atoms in total. The van der Waals surface area contributed by atoms with E-state index in [2.05, 4.69) is 15.5 Å². The van der Waals surface area contributed by atoms with Gasteiger partial charge >= 0.3 is 0 Å². The third-order valence-corrected chi connectivity index (χ3v) is 5.37. The molecule has 1 aromatic heterocycles. The van der Waals surface area contributed by atoms with E-state index in [1.165, 1.54) is 17.4 Å². The number of hydrogen-bond donors (Lipinski definition) is 1. The number of rotatable bonds is 5. The third-order valence-electron chi connectivity index (χ3n) is 4.37. The zero-order valence-corrected chi connectivity index (χ0v) is 14.7. The minimum Gasteiger partial charge on any atom is -0.378 e. The van der Waals surface area contributed by atoms with Gasteiger partial charge in [-0.2, -0.15) is 0 Å². The molecule has 10 heteroatoms. The van der Waals surface area contributed by atoms with Crippen LogP contribution in [0.2, 0.25) is 0 Å². The fraction of sp³-hybridized carbons (Fsp3) is 0.438. The number of benzene rings is 1. The Morgan fingerprint density at radius 2 is 2.08 bits per heavy atom. The van der Waals surface area contributed by atoms with Crippen LogP contribution in [-0.2, 0) is 4.74 Å². The lowest BCUT2D eigenvalue weighted by Gasteiger charge is -2.28. The summed E-state index contributed by atoms with van der Waals surface area (Å²) in [4.78, 5) is 25.4. The van der Waals surface area contributed by atoms with E-state index in [0.29, 0.717) is 43.0 Å². The van der Waals surface area contributed by atoms with E-state index in [9.17, 15) is 14.9 Å². The Labute approximate surface area is 153 Å². The molecule has 1 saturated heterocycles. The highest BCUT2D eigenvalue weighted by atomic mass is 32.1. The van der Waals surface area contributed by atoms with Crippen molar-refractivity contribution < 1.29 is 14.5 Å². The number of nitro groups is 1. The molecule has 0 spiro atoms. The molecular formula is C16H17N5O4S. The van der Waals surface area contributed by atoms with Gasteiger partial charge in [-0.3, -0.25) is 20.2 Å². The van der Waals surface area contributed by atoms with Crippen LogP contribution in [0, 0.1) is 10.1 Å². The largest absolute Gasteiger partial charge is 0.378 e. The zero-order valence-electron chi connectivity index (χ0n) is 13.9. The Morgan fingerprint density at radius 1 is 1.31 bits per heavy atom. The van der Waals surface area contributed by atoms with E-state index < -0.39 is 10.8 Å². The highest BCUT2D eigenvalue weighted by molar-refractivity contribution is 7.15. The second-order valence-corrected chi connectivity index (χ2v) is 7.24. The van der Waals surface area contributed by atoms with Crippen LogP contribution in [0.25, 0.3) is 0 Å². The van der Waals surface area contributed by atoms with Gasteiger partial charge in [-0.15, -0.1) is 10.2 Å². The first-order valence-electron chi connectivity index (χ1n) is 8.37. The summed E-state index contributed by atoms with van der Waals surface area (Å²) < 4.78 is 5.29. The molecule has 0 bridgehead atoms. The molecule has 4 rings (SSSR count). The first-order chi connectivity index (χ1) is 12.6. The van der Waals surface area contributed by atoms with Crippen molar-refractivity contribution in [1.29, 1.82) is 0 Å². The lowest BCUT2D eigenvalue weighted by atomic mass is 10.1. The third kappa shape index (κ3) is 3.51. The normalized spacial score (nSPS) is 17.2. The fourth-order valence-corrected chi connectivity index (χ4v) is 3.74. The van der Waals surface area contributed by atoms with Crippen LogP contribution >= 0.6 is 11.3 Å². The van der Waals surface area contributed by atoms with Crippen molar-refractivity contribution in [3.05, 3.63) is 38.9 Å². The van der Waals surface area contributed by atoms with Crippen molar-refractivity contribution in [2.24, 2.45) is 0 Å². The van der Waals surface area contributed by atoms with Crippen LogP contribution in [0.4, 0.5) is 16.5 Å². The molecule has 26 heavy (non-hydrogen) atoms. The highest BCUT2D eigenvalue weighted by Gasteiger charge is 2.28. The molecule has 136 valence electrons. The van der Waals surface area contributed by atoms with Crippen LogP contribution in [0.1, 0.15) is 34.1 Å². The van der Waals surface area contributed by atoms with Gasteiger partial charge in [0.2, 0.25) is 5.13 Å². The molecular weight excluding hydrogens is 358 g/mol. The van der Waals surface area contributed by atoms with Gasteiger partial charge in [0.05, 0.1) is 18.1 Å². The highest BCUT2D eigenvalue weighted by Crippen LogP contribution is 2.42. The first kappa shape index (κ1) is 16.9. The number of hydrogen-bond acceptors (Lipinski definition) is 8. The van der Waals surface area contributed by atoms with E-state index >= 15 is 0 Å². The number of anilines is 2. The summed E-state index contributed by atoms with van der Waals surface area (Å²) in [6.07, 6.45) is 2.22. The van der Waals surface area contributed by atoms with E-state index in [0.717, 1.165) is 17.8 Å². The topological polar surface area (TPSA) is 110 Å². The minimum atomic E-state index is -0.461. The first-order valence-corrected chi connectivity index (χ1v) is 9.19. The molecule has 2 fully saturated rings. The van der Waals surface area contributed by atoms with E-state index in [-0.39, 0.29) is 11.3 Å². The maximum atomic E-state index is 12.4. The Bertz CT molecular complexity index is 845. The van der Waals surface area contributed by atoms with Crippen LogP contribution in [0.3, 0.4) is 0 Å². The quantitative estimate of drug-likeness (QED) is 0.631. The Balaban J connectivity index is 1.54. The van der Waals surface area contributed by atoms with Gasteiger partial charge in [0.25, 0.3) is 11.6 Å². The van der Waals surface area contributed by atoms with E-state index in [1.54, 1.807) is 12.1 Å². The smallest absolute Gasteiger partial charge is 0.293 e. The van der Waals surface area contributed by atoms with Crippen molar-refractivity contribution in [2.45, 2.75) is 18.8 Å². The van der Waals surface area contributed by atoms with E-state index in [4.69, 9.17) is 4.74 Å². The molecule has 2 heterocycles. The van der Waals surface area contributed by atoms with Crippen molar-refractivity contribution in [3.63, 3.8) is 0 Å². The van der Waals surface area contributed by atoms with Crippen LogP contribution in [-0.4, -0.2) is 47.3 Å². The number of nitro benzene ring substituents is 1. The number of ether oxygens (including phenoxy) is 1. The van der Waals surface area contributed by atoms with Gasteiger partial charge in [-0.1, -0.05) is 11.3 Å². The summed E-state index contributed by atoms with van der Waals surface area (Å²) in [5.74, 6) is 0.0344. The van der Waals surface area contributed by atoms with Crippen LogP contribution < -0.4 is 10.2 Å². The van der Waals surface area contributed by atoms with Crippen molar-refractivity contribution >= 4 is 33.8 Å². The molecule has 0 atom stereocenters. The predicted molar refractivity (Wildman–Crippen MR) is 96.0 cm³/mol. The molecule has 1 aliphatic heterocycles. The maximum absolute atomic E-state index is 12.4. The summed E-state index contributed by atoms with van der Waals surface area (Å²) in [6, 6.07) is 4.52. The number of morpholine rings is 1. The second-order valence-electron chi connectivity index (χ2n) is 6.23. The van der Waals surface area contributed by atoms with Crippen LogP contribution in [0.15, 0.2) is 18.2 Å². The van der Waals surface area contributed by atoms with Gasteiger partial charge < -0.3 is 9.64 Å². The van der Waals surface area contributed by atoms with Gasteiger partial charge in [0.15, 0.2) is 0 Å². The second kappa shape index (κ2) is 6.96. The molecule has 0 radical (unpaired) electrons. The monoisotopic (exact) mass is 375 g/mol. The summed E-state index contributed by atoms with van der Waals surface area (Å²) in [5, 5.41) is 23.5. The molecule has 2 aliphatic rings. The number of amides is 1. The Kier molecular flexibility index (Phi) is 4.51. The molecule has 1 N–H and O–H groups in total. The minimum absolute atomic E-state index is 0.0875. The molecule has 1 amide bonds. The standard InChI is InChI=1S/C16H17N5O4S/c22-14(17-16-19-18-15(26-16)10-1-2-10)11-3-4-12(13(9-11)21(23)24)20-5-7-25-8-6-20/h3-4,9-10H,1-2,5-8H2,(H,17,19,22). The summed E-state index contributed by atoms with van der Waals surface area (Å²) >= 11 is 1.35. The molecule has 1 aliphatic carbocycles. The molecule has 1 aromatic carbocycles. The van der Waals surface area contributed by atoms with Gasteiger partial charge in [-0.25, -0.2) is 0 Å². The Morgan fingerprint density at radius 3 is 2.77 bits per heavy atom. The number of nitrogens with zero attached hydrogens (tertiary/aromatic N) is 4. The lowest BCUT2D eigenvalue weighted by Crippen LogP contribution is -2.36. The molecule has 1 saturated carbocycles. The number of aromatic nitrogens is 2. The zero-order chi connectivity index (χ0) is 18.1. The van der Waals surface area contributed by atoms with Gasteiger partial charge in [0, 0.05) is 30.6 Å². The average molecular weight is 375 g/mol. The predicted octanol–water partition coefficient (Wildman–Crippen LogP) is 2.41.